The van der Waals surface area contributed by atoms with Crippen LogP contribution in [0.15, 0.2) is 48.5 Å². The van der Waals surface area contributed by atoms with Gasteiger partial charge in [-0.15, -0.1) is 0 Å². The maximum absolute atomic E-state index is 9.30. The molecular formula is C18H19N. The number of benzene rings is 2. The van der Waals surface area contributed by atoms with Crippen molar-refractivity contribution < 1.29 is 0 Å². The second-order valence-electron chi connectivity index (χ2n) is 4.77. The average molecular weight is 249 g/mol. The van der Waals surface area contributed by atoms with Gasteiger partial charge in [-0.2, -0.15) is 5.26 Å². The highest BCUT2D eigenvalue weighted by atomic mass is 14.3. The molecule has 0 saturated carbocycles. The quantitative estimate of drug-likeness (QED) is 0.687. The Morgan fingerprint density at radius 3 is 2.42 bits per heavy atom. The van der Waals surface area contributed by atoms with Crippen molar-refractivity contribution in [3.63, 3.8) is 0 Å². The predicted octanol–water partition coefficient (Wildman–Crippen LogP) is 4.96. The summed E-state index contributed by atoms with van der Waals surface area (Å²) in [4.78, 5) is 0. The molecule has 96 valence electrons. The van der Waals surface area contributed by atoms with Gasteiger partial charge < -0.3 is 0 Å². The summed E-state index contributed by atoms with van der Waals surface area (Å²) >= 11 is 0. The summed E-state index contributed by atoms with van der Waals surface area (Å²) in [5, 5.41) is 9.30. The van der Waals surface area contributed by atoms with Gasteiger partial charge in [-0.05, 0) is 35.6 Å². The van der Waals surface area contributed by atoms with Gasteiger partial charge in [0.05, 0.1) is 11.6 Å². The van der Waals surface area contributed by atoms with E-state index in [0.717, 1.165) is 18.4 Å². The van der Waals surface area contributed by atoms with E-state index in [9.17, 15) is 5.26 Å². The Labute approximate surface area is 115 Å². The molecule has 0 amide bonds. The van der Waals surface area contributed by atoms with Gasteiger partial charge in [0.15, 0.2) is 0 Å². The molecule has 2 rings (SSSR count). The number of nitrogens with zero attached hydrogens (tertiary/aromatic N) is 1. The lowest BCUT2D eigenvalue weighted by Crippen LogP contribution is -1.95. The van der Waals surface area contributed by atoms with E-state index in [2.05, 4.69) is 31.2 Å². The van der Waals surface area contributed by atoms with Crippen LogP contribution in [0.1, 0.15) is 37.3 Å². The molecule has 0 N–H and O–H groups in total. The molecular weight excluding hydrogens is 230 g/mol. The number of rotatable bonds is 5. The molecule has 0 aliphatic rings. The molecule has 0 atom stereocenters. The van der Waals surface area contributed by atoms with Crippen LogP contribution in [-0.4, -0.2) is 0 Å². The van der Waals surface area contributed by atoms with E-state index >= 15 is 0 Å². The van der Waals surface area contributed by atoms with Crippen molar-refractivity contribution in [2.75, 3.05) is 0 Å². The van der Waals surface area contributed by atoms with Crippen LogP contribution in [0.3, 0.4) is 0 Å². The number of unbranched alkanes of at least 4 members (excludes halogenated alkanes) is 2. The zero-order chi connectivity index (χ0) is 13.5. The minimum Gasteiger partial charge on any atom is -0.192 e. The molecule has 0 aliphatic carbocycles. The van der Waals surface area contributed by atoms with Crippen LogP contribution in [0, 0.1) is 11.3 Å². The summed E-state index contributed by atoms with van der Waals surface area (Å²) in [6, 6.07) is 18.7. The molecule has 0 heterocycles. The first-order valence-electron chi connectivity index (χ1n) is 6.94. The van der Waals surface area contributed by atoms with E-state index in [1.54, 1.807) is 0 Å². The Kier molecular flexibility index (Phi) is 4.75. The summed E-state index contributed by atoms with van der Waals surface area (Å²) < 4.78 is 0. The van der Waals surface area contributed by atoms with Gasteiger partial charge in [-0.25, -0.2) is 0 Å². The number of hydrogen-bond donors (Lipinski definition) is 0. The topological polar surface area (TPSA) is 23.8 Å². The third-order valence-electron chi connectivity index (χ3n) is 3.41. The molecule has 2 aromatic carbocycles. The minimum absolute atomic E-state index is 0.817. The average Bonchev–Trinajstić information content (AvgIpc) is 2.48. The van der Waals surface area contributed by atoms with E-state index < -0.39 is 0 Å². The van der Waals surface area contributed by atoms with Gasteiger partial charge in [-0.3, -0.25) is 0 Å². The lowest BCUT2D eigenvalue weighted by Gasteiger charge is -2.11. The van der Waals surface area contributed by atoms with Crippen LogP contribution in [0.2, 0.25) is 0 Å². The van der Waals surface area contributed by atoms with Crippen LogP contribution < -0.4 is 0 Å². The van der Waals surface area contributed by atoms with Crippen LogP contribution in [0.5, 0.6) is 0 Å². The maximum atomic E-state index is 9.30. The van der Waals surface area contributed by atoms with E-state index in [1.165, 1.54) is 29.5 Å². The lowest BCUT2D eigenvalue weighted by atomic mass is 9.92. The van der Waals surface area contributed by atoms with Gasteiger partial charge in [0.2, 0.25) is 0 Å². The highest BCUT2D eigenvalue weighted by molar-refractivity contribution is 5.70. The van der Waals surface area contributed by atoms with Gasteiger partial charge in [-0.1, -0.05) is 62.2 Å². The van der Waals surface area contributed by atoms with Crippen molar-refractivity contribution in [1.29, 1.82) is 5.26 Å². The second-order valence-corrected chi connectivity index (χ2v) is 4.77. The van der Waals surface area contributed by atoms with E-state index in [0.29, 0.717) is 0 Å². The third kappa shape index (κ3) is 3.23. The molecule has 0 fully saturated rings. The molecule has 1 heteroatoms. The SMILES string of the molecule is CCCCCc1c(C#N)cccc1-c1ccccc1. The van der Waals surface area contributed by atoms with E-state index in [-0.39, 0.29) is 0 Å². The van der Waals surface area contributed by atoms with Crippen LogP contribution in [0.25, 0.3) is 11.1 Å². The molecule has 0 unspecified atom stereocenters. The van der Waals surface area contributed by atoms with Crippen LogP contribution in [-0.2, 0) is 6.42 Å². The number of nitriles is 1. The largest absolute Gasteiger partial charge is 0.192 e. The Balaban J connectivity index is 2.40. The molecule has 0 aliphatic heterocycles. The fraction of sp³-hybridized carbons (Fsp3) is 0.278. The summed E-state index contributed by atoms with van der Waals surface area (Å²) in [7, 11) is 0. The Hall–Kier alpha value is -2.07. The molecule has 0 aromatic heterocycles. The zero-order valence-electron chi connectivity index (χ0n) is 11.4. The summed E-state index contributed by atoms with van der Waals surface area (Å²) in [6.45, 7) is 2.20. The van der Waals surface area contributed by atoms with Gasteiger partial charge in [0.1, 0.15) is 0 Å². The Morgan fingerprint density at radius 1 is 0.947 bits per heavy atom. The molecule has 0 saturated heterocycles. The monoisotopic (exact) mass is 249 g/mol. The number of hydrogen-bond acceptors (Lipinski definition) is 1. The van der Waals surface area contributed by atoms with E-state index in [4.69, 9.17) is 0 Å². The maximum Gasteiger partial charge on any atom is 0.0994 e. The zero-order valence-corrected chi connectivity index (χ0v) is 11.4. The van der Waals surface area contributed by atoms with Gasteiger partial charge >= 0.3 is 0 Å². The first-order valence-corrected chi connectivity index (χ1v) is 6.94. The molecule has 1 nitrogen and oxygen atoms in total. The lowest BCUT2D eigenvalue weighted by molar-refractivity contribution is 0.717. The fourth-order valence-electron chi connectivity index (χ4n) is 2.40. The van der Waals surface area contributed by atoms with Gasteiger partial charge in [0.25, 0.3) is 0 Å². The molecule has 0 spiro atoms. The smallest absolute Gasteiger partial charge is 0.0994 e. The van der Waals surface area contributed by atoms with Crippen molar-refractivity contribution >= 4 is 0 Å². The van der Waals surface area contributed by atoms with Crippen molar-refractivity contribution in [3.05, 3.63) is 59.7 Å². The van der Waals surface area contributed by atoms with Crippen LogP contribution >= 0.6 is 0 Å². The molecule has 2 aromatic rings. The standard InChI is InChI=1S/C18H19N/c1-2-3-5-12-18-16(14-19)11-8-13-17(18)15-9-6-4-7-10-15/h4,6-11,13H,2-3,5,12H2,1H3. The normalized spacial score (nSPS) is 10.1. The summed E-state index contributed by atoms with van der Waals surface area (Å²) in [5.41, 5.74) is 4.42. The predicted molar refractivity (Wildman–Crippen MR) is 79.8 cm³/mol. The van der Waals surface area contributed by atoms with Crippen LogP contribution in [0.4, 0.5) is 0 Å². The fourth-order valence-corrected chi connectivity index (χ4v) is 2.40. The molecule has 0 bridgehead atoms. The summed E-state index contributed by atoms with van der Waals surface area (Å²) in [5.74, 6) is 0. The third-order valence-corrected chi connectivity index (χ3v) is 3.41. The Bertz CT molecular complexity index is 564. The van der Waals surface area contributed by atoms with Crippen molar-refractivity contribution in [2.45, 2.75) is 32.6 Å². The first-order chi connectivity index (χ1) is 9.36. The highest BCUT2D eigenvalue weighted by Gasteiger charge is 2.09. The minimum atomic E-state index is 0.817. The van der Waals surface area contributed by atoms with Crippen molar-refractivity contribution in [1.82, 2.24) is 0 Å². The first kappa shape index (κ1) is 13.4. The molecule has 19 heavy (non-hydrogen) atoms. The highest BCUT2D eigenvalue weighted by Crippen LogP contribution is 2.27. The second kappa shape index (κ2) is 6.75. The van der Waals surface area contributed by atoms with Crippen molar-refractivity contribution in [2.24, 2.45) is 0 Å². The van der Waals surface area contributed by atoms with Gasteiger partial charge in [0, 0.05) is 0 Å². The molecule has 0 radical (unpaired) electrons. The summed E-state index contributed by atoms with van der Waals surface area (Å²) in [6.07, 6.45) is 4.56. The Morgan fingerprint density at radius 2 is 1.74 bits per heavy atom. The van der Waals surface area contributed by atoms with Crippen molar-refractivity contribution in [3.8, 4) is 17.2 Å². The van der Waals surface area contributed by atoms with E-state index in [1.807, 2.05) is 30.3 Å².